The van der Waals surface area contributed by atoms with Gasteiger partial charge < -0.3 is 5.73 Å². The van der Waals surface area contributed by atoms with Crippen LogP contribution in [0.2, 0.25) is 0 Å². The number of halogens is 1. The Labute approximate surface area is 87.9 Å². The van der Waals surface area contributed by atoms with Crippen molar-refractivity contribution in [2.75, 3.05) is 5.73 Å². The zero-order valence-corrected chi connectivity index (χ0v) is 8.79. The van der Waals surface area contributed by atoms with Crippen LogP contribution in [0.15, 0.2) is 24.4 Å². The number of nitrogens with zero attached hydrogens (tertiary/aromatic N) is 1. The van der Waals surface area contributed by atoms with E-state index in [2.05, 4.69) is 4.98 Å². The van der Waals surface area contributed by atoms with Gasteiger partial charge in [0, 0.05) is 11.6 Å². The van der Waals surface area contributed by atoms with Crippen LogP contribution in [0.3, 0.4) is 0 Å². The van der Waals surface area contributed by atoms with E-state index in [1.165, 1.54) is 6.20 Å². The molecule has 0 spiro atoms. The number of aromatic nitrogens is 1. The summed E-state index contributed by atoms with van der Waals surface area (Å²) in [6, 6.07) is 5.22. The third kappa shape index (κ3) is 1.77. The van der Waals surface area contributed by atoms with Gasteiger partial charge in [-0.1, -0.05) is 19.9 Å². The number of rotatable bonds is 1. The lowest BCUT2D eigenvalue weighted by atomic mass is 10.00. The largest absolute Gasteiger partial charge is 0.384 e. The lowest BCUT2D eigenvalue weighted by molar-refractivity contribution is 0.635. The van der Waals surface area contributed by atoms with Gasteiger partial charge >= 0.3 is 0 Å². The van der Waals surface area contributed by atoms with Gasteiger partial charge in [-0.05, 0) is 29.0 Å². The first-order valence-corrected chi connectivity index (χ1v) is 4.92. The highest BCUT2D eigenvalue weighted by Crippen LogP contribution is 2.24. The Morgan fingerprint density at radius 1 is 1.27 bits per heavy atom. The summed E-state index contributed by atoms with van der Waals surface area (Å²) in [7, 11) is 0. The van der Waals surface area contributed by atoms with E-state index >= 15 is 0 Å². The van der Waals surface area contributed by atoms with E-state index in [-0.39, 0.29) is 5.82 Å². The normalized spacial score (nSPS) is 11.2. The first kappa shape index (κ1) is 9.90. The number of benzene rings is 1. The van der Waals surface area contributed by atoms with Crippen LogP contribution < -0.4 is 5.73 Å². The number of nitrogen functional groups attached to an aromatic ring is 1. The molecular weight excluding hydrogens is 191 g/mol. The van der Waals surface area contributed by atoms with Crippen LogP contribution in [0.5, 0.6) is 0 Å². The molecule has 2 rings (SSSR count). The molecule has 1 aromatic heterocycles. The van der Waals surface area contributed by atoms with Crippen molar-refractivity contribution in [2.45, 2.75) is 19.8 Å². The second kappa shape index (κ2) is 3.50. The topological polar surface area (TPSA) is 38.9 Å². The standard InChI is InChI=1S/C12H13FN2/c1-7(2)8-3-9-5-12(14)15-6-10(9)11(13)4-8/h3-7H,1-2H3,(H2,14,15). The van der Waals surface area contributed by atoms with Crippen molar-refractivity contribution in [3.8, 4) is 0 Å². The lowest BCUT2D eigenvalue weighted by Crippen LogP contribution is -1.93. The zero-order valence-electron chi connectivity index (χ0n) is 8.79. The Hall–Kier alpha value is -1.64. The Balaban J connectivity index is 2.74. The van der Waals surface area contributed by atoms with Crippen LogP contribution in [0, 0.1) is 5.82 Å². The Morgan fingerprint density at radius 2 is 2.00 bits per heavy atom. The quantitative estimate of drug-likeness (QED) is 0.775. The zero-order chi connectivity index (χ0) is 11.0. The molecule has 15 heavy (non-hydrogen) atoms. The summed E-state index contributed by atoms with van der Waals surface area (Å²) in [5.41, 5.74) is 6.54. The van der Waals surface area contributed by atoms with Gasteiger partial charge in [-0.2, -0.15) is 0 Å². The van der Waals surface area contributed by atoms with Crippen molar-refractivity contribution in [1.82, 2.24) is 4.98 Å². The smallest absolute Gasteiger partial charge is 0.132 e. The van der Waals surface area contributed by atoms with Crippen molar-refractivity contribution < 1.29 is 4.39 Å². The summed E-state index contributed by atoms with van der Waals surface area (Å²) in [6.07, 6.45) is 1.48. The SMILES string of the molecule is CC(C)c1cc(F)c2cnc(N)cc2c1. The molecule has 0 aliphatic rings. The van der Waals surface area contributed by atoms with E-state index in [4.69, 9.17) is 5.73 Å². The number of nitrogens with two attached hydrogens (primary N) is 1. The number of pyridine rings is 1. The van der Waals surface area contributed by atoms with Gasteiger partial charge in [0.25, 0.3) is 0 Å². The molecule has 0 fully saturated rings. The van der Waals surface area contributed by atoms with Gasteiger partial charge in [0.2, 0.25) is 0 Å². The van der Waals surface area contributed by atoms with Crippen LogP contribution in [0.1, 0.15) is 25.3 Å². The van der Waals surface area contributed by atoms with E-state index in [9.17, 15) is 4.39 Å². The maximum Gasteiger partial charge on any atom is 0.132 e. The monoisotopic (exact) mass is 204 g/mol. The van der Waals surface area contributed by atoms with Gasteiger partial charge in [-0.15, -0.1) is 0 Å². The highest BCUT2D eigenvalue weighted by molar-refractivity contribution is 5.85. The molecule has 2 aromatic rings. The van der Waals surface area contributed by atoms with Crippen molar-refractivity contribution in [2.24, 2.45) is 0 Å². The van der Waals surface area contributed by atoms with E-state index in [1.54, 1.807) is 12.1 Å². The molecule has 0 saturated heterocycles. The molecule has 0 atom stereocenters. The van der Waals surface area contributed by atoms with Crippen molar-refractivity contribution in [1.29, 1.82) is 0 Å². The molecular formula is C12H13FN2. The van der Waals surface area contributed by atoms with Crippen LogP contribution in [-0.4, -0.2) is 4.98 Å². The molecule has 0 unspecified atom stereocenters. The van der Waals surface area contributed by atoms with Crippen LogP contribution >= 0.6 is 0 Å². The molecule has 0 aliphatic carbocycles. The average Bonchev–Trinajstić information content (AvgIpc) is 2.16. The molecule has 78 valence electrons. The highest BCUT2D eigenvalue weighted by atomic mass is 19.1. The summed E-state index contributed by atoms with van der Waals surface area (Å²) >= 11 is 0. The van der Waals surface area contributed by atoms with Crippen molar-refractivity contribution in [3.05, 3.63) is 35.8 Å². The predicted molar refractivity (Wildman–Crippen MR) is 60.2 cm³/mol. The predicted octanol–water partition coefficient (Wildman–Crippen LogP) is 3.08. The molecule has 0 amide bonds. The summed E-state index contributed by atoms with van der Waals surface area (Å²) in [4.78, 5) is 3.88. The van der Waals surface area contributed by atoms with Gasteiger partial charge in [0.1, 0.15) is 11.6 Å². The fourth-order valence-electron chi connectivity index (χ4n) is 1.59. The van der Waals surface area contributed by atoms with Crippen LogP contribution in [-0.2, 0) is 0 Å². The van der Waals surface area contributed by atoms with E-state index < -0.39 is 0 Å². The van der Waals surface area contributed by atoms with E-state index in [0.29, 0.717) is 17.1 Å². The molecule has 1 aromatic carbocycles. The second-order valence-electron chi connectivity index (χ2n) is 3.99. The maximum absolute atomic E-state index is 13.7. The molecule has 0 radical (unpaired) electrons. The molecule has 0 bridgehead atoms. The molecule has 0 saturated carbocycles. The number of hydrogen-bond donors (Lipinski definition) is 1. The molecule has 3 heteroatoms. The molecule has 2 nitrogen and oxygen atoms in total. The van der Waals surface area contributed by atoms with E-state index in [0.717, 1.165) is 10.9 Å². The van der Waals surface area contributed by atoms with Gasteiger partial charge in [-0.3, -0.25) is 0 Å². The number of fused-ring (bicyclic) bond motifs is 1. The van der Waals surface area contributed by atoms with Gasteiger partial charge in [0.05, 0.1) is 0 Å². The minimum absolute atomic E-state index is 0.233. The van der Waals surface area contributed by atoms with Gasteiger partial charge in [0.15, 0.2) is 0 Å². The Kier molecular flexibility index (Phi) is 2.31. The molecule has 1 heterocycles. The highest BCUT2D eigenvalue weighted by Gasteiger charge is 2.07. The summed E-state index contributed by atoms with van der Waals surface area (Å²) in [5.74, 6) is 0.491. The Morgan fingerprint density at radius 3 is 2.67 bits per heavy atom. The van der Waals surface area contributed by atoms with Gasteiger partial charge in [-0.25, -0.2) is 9.37 Å². The lowest BCUT2D eigenvalue weighted by Gasteiger charge is -2.08. The average molecular weight is 204 g/mol. The maximum atomic E-state index is 13.7. The summed E-state index contributed by atoms with van der Waals surface area (Å²) in [6.45, 7) is 4.07. The third-order valence-electron chi connectivity index (χ3n) is 2.50. The minimum Gasteiger partial charge on any atom is -0.384 e. The second-order valence-corrected chi connectivity index (χ2v) is 3.99. The Bertz CT molecular complexity index is 506. The summed E-state index contributed by atoms with van der Waals surface area (Å²) < 4.78 is 13.7. The van der Waals surface area contributed by atoms with Crippen LogP contribution in [0.4, 0.5) is 10.2 Å². The third-order valence-corrected chi connectivity index (χ3v) is 2.50. The molecule has 0 aliphatic heterocycles. The number of hydrogen-bond acceptors (Lipinski definition) is 2. The fraction of sp³-hybridized carbons (Fsp3) is 0.250. The first-order valence-electron chi connectivity index (χ1n) is 4.92. The fourth-order valence-corrected chi connectivity index (χ4v) is 1.59. The first-order chi connectivity index (χ1) is 7.08. The molecule has 2 N–H and O–H groups in total. The van der Waals surface area contributed by atoms with Crippen LogP contribution in [0.25, 0.3) is 10.8 Å². The van der Waals surface area contributed by atoms with Crippen molar-refractivity contribution in [3.63, 3.8) is 0 Å². The summed E-state index contributed by atoms with van der Waals surface area (Å²) in [5, 5.41) is 1.33. The van der Waals surface area contributed by atoms with E-state index in [1.807, 2.05) is 19.9 Å². The van der Waals surface area contributed by atoms with Crippen molar-refractivity contribution >= 4 is 16.6 Å². The number of anilines is 1. The minimum atomic E-state index is -0.233.